The van der Waals surface area contributed by atoms with Crippen molar-refractivity contribution in [2.24, 2.45) is 0 Å². The van der Waals surface area contributed by atoms with Crippen molar-refractivity contribution < 1.29 is 9.66 Å². The monoisotopic (exact) mass is 247 g/mol. The van der Waals surface area contributed by atoms with E-state index in [0.717, 1.165) is 0 Å². The number of anilines is 1. The average molecular weight is 247 g/mol. The summed E-state index contributed by atoms with van der Waals surface area (Å²) in [6, 6.07) is 3.24. The number of hydrogen-bond acceptors (Lipinski definition) is 7. The molecular formula is C10H9N5O3. The van der Waals surface area contributed by atoms with Gasteiger partial charge in [0.25, 0.3) is 0 Å². The summed E-state index contributed by atoms with van der Waals surface area (Å²) >= 11 is 0. The summed E-state index contributed by atoms with van der Waals surface area (Å²) in [6.07, 6.45) is 2.97. The lowest BCUT2D eigenvalue weighted by molar-refractivity contribution is -0.386. The van der Waals surface area contributed by atoms with E-state index in [1.54, 1.807) is 18.3 Å². The van der Waals surface area contributed by atoms with Gasteiger partial charge in [0.15, 0.2) is 0 Å². The zero-order valence-corrected chi connectivity index (χ0v) is 9.40. The Morgan fingerprint density at radius 1 is 1.44 bits per heavy atom. The van der Waals surface area contributed by atoms with E-state index < -0.39 is 4.92 Å². The van der Waals surface area contributed by atoms with Crippen LogP contribution < -0.4 is 10.5 Å². The van der Waals surface area contributed by atoms with E-state index in [1.165, 1.54) is 13.1 Å². The number of nitrogens with zero attached hydrogens (tertiary/aromatic N) is 4. The number of ether oxygens (including phenoxy) is 1. The molecule has 0 radical (unpaired) electrons. The quantitative estimate of drug-likeness (QED) is 0.644. The number of aryl methyl sites for hydroxylation is 1. The zero-order chi connectivity index (χ0) is 13.1. The van der Waals surface area contributed by atoms with Crippen molar-refractivity contribution in [3.05, 3.63) is 40.3 Å². The molecule has 0 aromatic carbocycles. The van der Waals surface area contributed by atoms with Crippen molar-refractivity contribution in [1.29, 1.82) is 0 Å². The molecule has 2 aromatic rings. The van der Waals surface area contributed by atoms with E-state index in [9.17, 15) is 10.1 Å². The zero-order valence-electron chi connectivity index (χ0n) is 9.40. The molecule has 8 heteroatoms. The first-order valence-corrected chi connectivity index (χ1v) is 4.94. The number of nitrogens with two attached hydrogens (primary N) is 1. The summed E-state index contributed by atoms with van der Waals surface area (Å²) in [5, 5.41) is 10.9. The van der Waals surface area contributed by atoms with Crippen LogP contribution >= 0.6 is 0 Å². The Morgan fingerprint density at radius 3 is 2.83 bits per heavy atom. The molecule has 0 aliphatic carbocycles. The topological polar surface area (TPSA) is 117 Å². The second kappa shape index (κ2) is 4.62. The van der Waals surface area contributed by atoms with Gasteiger partial charge in [0.1, 0.15) is 11.4 Å². The molecule has 2 heterocycles. The minimum atomic E-state index is -0.611. The first kappa shape index (κ1) is 11.7. The van der Waals surface area contributed by atoms with Crippen LogP contribution in [0.3, 0.4) is 0 Å². The van der Waals surface area contributed by atoms with Crippen LogP contribution in [-0.2, 0) is 0 Å². The first-order valence-electron chi connectivity index (χ1n) is 4.94. The summed E-state index contributed by atoms with van der Waals surface area (Å²) in [6.45, 7) is 1.46. The molecular weight excluding hydrogens is 238 g/mol. The summed E-state index contributed by atoms with van der Waals surface area (Å²) in [4.78, 5) is 21.6. The van der Waals surface area contributed by atoms with E-state index in [1.807, 2.05) is 0 Å². The highest BCUT2D eigenvalue weighted by Gasteiger charge is 2.23. The van der Waals surface area contributed by atoms with E-state index in [2.05, 4.69) is 15.0 Å². The molecule has 18 heavy (non-hydrogen) atoms. The van der Waals surface area contributed by atoms with Gasteiger partial charge in [0.2, 0.25) is 5.95 Å². The highest BCUT2D eigenvalue weighted by Crippen LogP contribution is 2.31. The summed E-state index contributed by atoms with van der Waals surface area (Å²) in [5.74, 6) is 0.0492. The van der Waals surface area contributed by atoms with Crippen molar-refractivity contribution in [2.75, 3.05) is 5.73 Å². The summed E-state index contributed by atoms with van der Waals surface area (Å²) < 4.78 is 5.30. The van der Waals surface area contributed by atoms with Gasteiger partial charge in [-0.25, -0.2) is 4.98 Å². The van der Waals surface area contributed by atoms with Crippen LogP contribution in [0.15, 0.2) is 24.5 Å². The minimum absolute atomic E-state index is 0.0861. The van der Waals surface area contributed by atoms with Gasteiger partial charge in [-0.1, -0.05) is 0 Å². The van der Waals surface area contributed by atoms with Gasteiger partial charge in [0.05, 0.1) is 11.1 Å². The molecule has 0 aliphatic rings. The molecule has 0 amide bonds. The Balaban J connectivity index is 2.46. The Labute approximate surface area is 102 Å². The molecule has 0 aliphatic heterocycles. The number of hydrogen-bond donors (Lipinski definition) is 1. The fourth-order valence-corrected chi connectivity index (χ4v) is 1.36. The van der Waals surface area contributed by atoms with Crippen LogP contribution in [0.1, 0.15) is 5.69 Å². The van der Waals surface area contributed by atoms with Gasteiger partial charge in [-0.3, -0.25) is 15.1 Å². The van der Waals surface area contributed by atoms with Crippen LogP contribution in [0.4, 0.5) is 11.6 Å². The number of rotatable bonds is 3. The highest BCUT2D eigenvalue weighted by molar-refractivity contribution is 5.49. The van der Waals surface area contributed by atoms with Crippen molar-refractivity contribution in [1.82, 2.24) is 15.0 Å². The normalized spacial score (nSPS) is 10.1. The molecule has 0 spiro atoms. The lowest BCUT2D eigenvalue weighted by Gasteiger charge is -2.06. The SMILES string of the molecule is Cc1nc(N)nc(Oc2cccnc2)c1[N+](=O)[O-]. The third-order valence-corrected chi connectivity index (χ3v) is 2.08. The third kappa shape index (κ3) is 2.32. The van der Waals surface area contributed by atoms with Gasteiger partial charge in [-0.05, 0) is 19.1 Å². The Kier molecular flexibility index (Phi) is 3.00. The molecule has 2 N–H and O–H groups in total. The van der Waals surface area contributed by atoms with Gasteiger partial charge in [0, 0.05) is 6.20 Å². The lowest BCUT2D eigenvalue weighted by Crippen LogP contribution is -2.04. The molecule has 8 nitrogen and oxygen atoms in total. The van der Waals surface area contributed by atoms with Gasteiger partial charge in [-0.2, -0.15) is 4.98 Å². The summed E-state index contributed by atoms with van der Waals surface area (Å²) in [5.41, 5.74) is 5.27. The van der Waals surface area contributed by atoms with Gasteiger partial charge >= 0.3 is 11.6 Å². The van der Waals surface area contributed by atoms with E-state index in [-0.39, 0.29) is 23.2 Å². The number of nitro groups is 1. The Morgan fingerprint density at radius 2 is 2.22 bits per heavy atom. The fourth-order valence-electron chi connectivity index (χ4n) is 1.36. The Hall–Kier alpha value is -2.77. The highest BCUT2D eigenvalue weighted by atomic mass is 16.6. The molecule has 0 unspecified atom stereocenters. The molecule has 2 rings (SSSR count). The molecule has 0 saturated carbocycles. The van der Waals surface area contributed by atoms with Crippen LogP contribution in [0.5, 0.6) is 11.6 Å². The largest absolute Gasteiger partial charge is 0.432 e. The standard InChI is InChI=1S/C10H9N5O3/c1-6-8(15(16)17)9(14-10(11)13-6)18-7-3-2-4-12-5-7/h2-5H,1H3,(H2,11,13,14). The lowest BCUT2D eigenvalue weighted by atomic mass is 10.3. The smallest absolute Gasteiger partial charge is 0.352 e. The minimum Gasteiger partial charge on any atom is -0.432 e. The maximum Gasteiger partial charge on any atom is 0.352 e. The molecule has 92 valence electrons. The Bertz CT molecular complexity index is 588. The van der Waals surface area contributed by atoms with Crippen LogP contribution in [0, 0.1) is 17.0 Å². The molecule has 0 fully saturated rings. The van der Waals surface area contributed by atoms with Crippen molar-refractivity contribution >= 4 is 11.6 Å². The predicted octanol–water partition coefficient (Wildman–Crippen LogP) is 1.46. The molecule has 0 atom stereocenters. The van der Waals surface area contributed by atoms with Crippen LogP contribution in [-0.4, -0.2) is 19.9 Å². The number of aromatic nitrogens is 3. The summed E-state index contributed by atoms with van der Waals surface area (Å²) in [7, 11) is 0. The van der Waals surface area contributed by atoms with Crippen molar-refractivity contribution in [3.63, 3.8) is 0 Å². The number of nitrogen functional groups attached to an aromatic ring is 1. The average Bonchev–Trinajstić information content (AvgIpc) is 2.28. The second-order valence-corrected chi connectivity index (χ2v) is 3.37. The number of pyridine rings is 1. The maximum absolute atomic E-state index is 10.9. The third-order valence-electron chi connectivity index (χ3n) is 2.08. The predicted molar refractivity (Wildman–Crippen MR) is 62.1 cm³/mol. The van der Waals surface area contributed by atoms with Crippen LogP contribution in [0.2, 0.25) is 0 Å². The molecule has 0 bridgehead atoms. The fraction of sp³-hybridized carbons (Fsp3) is 0.100. The van der Waals surface area contributed by atoms with Crippen molar-refractivity contribution in [2.45, 2.75) is 6.92 Å². The second-order valence-electron chi connectivity index (χ2n) is 3.37. The maximum atomic E-state index is 10.9. The molecule has 0 saturated heterocycles. The van der Waals surface area contributed by atoms with Crippen LogP contribution in [0.25, 0.3) is 0 Å². The van der Waals surface area contributed by atoms with E-state index in [4.69, 9.17) is 10.5 Å². The first-order chi connectivity index (χ1) is 8.58. The van der Waals surface area contributed by atoms with Gasteiger partial charge in [-0.15, -0.1) is 0 Å². The van der Waals surface area contributed by atoms with Crippen molar-refractivity contribution in [3.8, 4) is 11.6 Å². The van der Waals surface area contributed by atoms with Gasteiger partial charge < -0.3 is 10.5 Å². The van der Waals surface area contributed by atoms with E-state index >= 15 is 0 Å². The molecule has 2 aromatic heterocycles. The van der Waals surface area contributed by atoms with E-state index in [0.29, 0.717) is 5.75 Å².